The standard InChI is InChI=1S/C12H17N3O2/c16-15(17)12-7-6-11(14-9-12)8-13-10-4-2-1-3-5-10/h6-7,9-10,13H,1-5,8H2. The van der Waals surface area contributed by atoms with Crippen LogP contribution in [0.15, 0.2) is 18.3 Å². The van der Waals surface area contributed by atoms with Crippen LogP contribution in [0.25, 0.3) is 0 Å². The fourth-order valence-corrected chi connectivity index (χ4v) is 2.18. The highest BCUT2D eigenvalue weighted by atomic mass is 16.6. The predicted octanol–water partition coefficient (Wildman–Crippen LogP) is 2.41. The average Bonchev–Trinajstić information content (AvgIpc) is 2.38. The Morgan fingerprint density at radius 1 is 1.35 bits per heavy atom. The molecule has 1 fully saturated rings. The van der Waals surface area contributed by atoms with Crippen molar-refractivity contribution < 1.29 is 4.92 Å². The Hall–Kier alpha value is -1.49. The van der Waals surface area contributed by atoms with E-state index in [1.54, 1.807) is 6.07 Å². The minimum atomic E-state index is -0.425. The van der Waals surface area contributed by atoms with Crippen molar-refractivity contribution in [3.8, 4) is 0 Å². The van der Waals surface area contributed by atoms with Crippen molar-refractivity contribution >= 4 is 5.69 Å². The van der Waals surface area contributed by atoms with E-state index in [9.17, 15) is 10.1 Å². The number of nitro groups is 1. The summed E-state index contributed by atoms with van der Waals surface area (Å²) in [6, 6.07) is 3.81. The topological polar surface area (TPSA) is 68.1 Å². The molecule has 1 aliphatic rings. The molecule has 0 radical (unpaired) electrons. The van der Waals surface area contributed by atoms with Crippen molar-refractivity contribution in [2.45, 2.75) is 44.7 Å². The Balaban J connectivity index is 1.84. The lowest BCUT2D eigenvalue weighted by Crippen LogP contribution is -2.30. The van der Waals surface area contributed by atoms with Crippen LogP contribution in [0.5, 0.6) is 0 Å². The zero-order valence-electron chi connectivity index (χ0n) is 9.76. The molecule has 5 nitrogen and oxygen atoms in total. The van der Waals surface area contributed by atoms with Crippen LogP contribution >= 0.6 is 0 Å². The fraction of sp³-hybridized carbons (Fsp3) is 0.583. The van der Waals surface area contributed by atoms with Crippen LogP contribution < -0.4 is 5.32 Å². The lowest BCUT2D eigenvalue weighted by Gasteiger charge is -2.22. The first kappa shape index (κ1) is 12.0. The summed E-state index contributed by atoms with van der Waals surface area (Å²) in [7, 11) is 0. The summed E-state index contributed by atoms with van der Waals surface area (Å²) in [5.41, 5.74) is 0.910. The zero-order chi connectivity index (χ0) is 12.1. The van der Waals surface area contributed by atoms with Gasteiger partial charge in [0.25, 0.3) is 5.69 Å². The minimum absolute atomic E-state index is 0.0476. The molecule has 1 N–H and O–H groups in total. The minimum Gasteiger partial charge on any atom is -0.308 e. The van der Waals surface area contributed by atoms with E-state index in [1.165, 1.54) is 44.4 Å². The Morgan fingerprint density at radius 2 is 2.12 bits per heavy atom. The summed E-state index contributed by atoms with van der Waals surface area (Å²) >= 11 is 0. The van der Waals surface area contributed by atoms with E-state index in [4.69, 9.17) is 0 Å². The normalized spacial score (nSPS) is 16.9. The SMILES string of the molecule is O=[N+]([O-])c1ccc(CNC2CCCCC2)nc1. The number of hydrogen-bond donors (Lipinski definition) is 1. The number of aromatic nitrogens is 1. The molecule has 0 aliphatic heterocycles. The van der Waals surface area contributed by atoms with Gasteiger partial charge in [0.05, 0.1) is 10.6 Å². The van der Waals surface area contributed by atoms with E-state index >= 15 is 0 Å². The summed E-state index contributed by atoms with van der Waals surface area (Å²) in [5, 5.41) is 13.9. The largest absolute Gasteiger partial charge is 0.308 e. The van der Waals surface area contributed by atoms with Gasteiger partial charge < -0.3 is 5.32 Å². The molecule has 0 saturated heterocycles. The van der Waals surface area contributed by atoms with E-state index in [0.29, 0.717) is 12.6 Å². The molecule has 0 spiro atoms. The first-order valence-electron chi connectivity index (χ1n) is 6.08. The van der Waals surface area contributed by atoms with E-state index in [0.717, 1.165) is 5.69 Å². The van der Waals surface area contributed by atoms with Gasteiger partial charge in [-0.05, 0) is 18.9 Å². The molecule has 92 valence electrons. The highest BCUT2D eigenvalue weighted by Crippen LogP contribution is 2.17. The van der Waals surface area contributed by atoms with Crippen molar-refractivity contribution in [2.24, 2.45) is 0 Å². The summed E-state index contributed by atoms with van der Waals surface area (Å²) < 4.78 is 0. The molecule has 2 rings (SSSR count). The molecule has 1 heterocycles. The Labute approximate surface area is 100 Å². The maximum Gasteiger partial charge on any atom is 0.287 e. The van der Waals surface area contributed by atoms with Crippen LogP contribution in [0.4, 0.5) is 5.69 Å². The predicted molar refractivity (Wildman–Crippen MR) is 64.6 cm³/mol. The number of nitrogens with zero attached hydrogens (tertiary/aromatic N) is 2. The molecule has 0 atom stereocenters. The van der Waals surface area contributed by atoms with Gasteiger partial charge in [0, 0.05) is 18.7 Å². The van der Waals surface area contributed by atoms with Crippen LogP contribution in [-0.4, -0.2) is 15.9 Å². The third-order valence-electron chi connectivity index (χ3n) is 3.20. The lowest BCUT2D eigenvalue weighted by molar-refractivity contribution is -0.385. The second kappa shape index (κ2) is 5.72. The van der Waals surface area contributed by atoms with E-state index in [2.05, 4.69) is 10.3 Å². The molecule has 1 aliphatic carbocycles. The highest BCUT2D eigenvalue weighted by Gasteiger charge is 2.12. The van der Waals surface area contributed by atoms with Gasteiger partial charge in [-0.2, -0.15) is 0 Å². The average molecular weight is 235 g/mol. The molecule has 1 aromatic rings. The van der Waals surface area contributed by atoms with Gasteiger partial charge in [-0.25, -0.2) is 0 Å². The molecule has 0 aromatic carbocycles. The third kappa shape index (κ3) is 3.49. The zero-order valence-corrected chi connectivity index (χ0v) is 9.76. The van der Waals surface area contributed by atoms with E-state index in [-0.39, 0.29) is 5.69 Å². The van der Waals surface area contributed by atoms with E-state index in [1.807, 2.05) is 0 Å². The summed E-state index contributed by atoms with van der Waals surface area (Å²) in [6.07, 6.45) is 7.71. The number of pyridine rings is 1. The maximum atomic E-state index is 10.5. The van der Waals surface area contributed by atoms with Crippen LogP contribution in [-0.2, 0) is 6.54 Å². The van der Waals surface area contributed by atoms with Crippen molar-refractivity contribution in [3.63, 3.8) is 0 Å². The van der Waals surface area contributed by atoms with Crippen LogP contribution in [0.2, 0.25) is 0 Å². The summed E-state index contributed by atoms with van der Waals surface area (Å²) in [6.45, 7) is 0.697. The van der Waals surface area contributed by atoms with Gasteiger partial charge in [-0.1, -0.05) is 19.3 Å². The van der Waals surface area contributed by atoms with Crippen molar-refractivity contribution in [2.75, 3.05) is 0 Å². The van der Waals surface area contributed by atoms with Gasteiger partial charge in [0.2, 0.25) is 0 Å². The third-order valence-corrected chi connectivity index (χ3v) is 3.20. The molecule has 5 heteroatoms. The fourth-order valence-electron chi connectivity index (χ4n) is 2.18. The maximum absolute atomic E-state index is 10.5. The van der Waals surface area contributed by atoms with Gasteiger partial charge in [0.1, 0.15) is 6.20 Å². The second-order valence-corrected chi connectivity index (χ2v) is 4.48. The number of rotatable bonds is 4. The second-order valence-electron chi connectivity index (χ2n) is 4.48. The van der Waals surface area contributed by atoms with Gasteiger partial charge in [-0.3, -0.25) is 15.1 Å². The molecule has 0 amide bonds. The smallest absolute Gasteiger partial charge is 0.287 e. The van der Waals surface area contributed by atoms with Crippen LogP contribution in [0.3, 0.4) is 0 Å². The van der Waals surface area contributed by atoms with Crippen molar-refractivity contribution in [1.29, 1.82) is 0 Å². The molecule has 1 saturated carbocycles. The Morgan fingerprint density at radius 3 is 2.71 bits per heavy atom. The first-order chi connectivity index (χ1) is 8.25. The van der Waals surface area contributed by atoms with Gasteiger partial charge in [-0.15, -0.1) is 0 Å². The summed E-state index contributed by atoms with van der Waals surface area (Å²) in [5.74, 6) is 0. The Bertz CT molecular complexity index is 372. The van der Waals surface area contributed by atoms with Crippen LogP contribution in [0.1, 0.15) is 37.8 Å². The van der Waals surface area contributed by atoms with Crippen molar-refractivity contribution in [3.05, 3.63) is 34.1 Å². The van der Waals surface area contributed by atoms with E-state index < -0.39 is 4.92 Å². The number of nitrogens with one attached hydrogen (secondary N) is 1. The molecule has 1 aromatic heterocycles. The molecule has 0 unspecified atom stereocenters. The Kier molecular flexibility index (Phi) is 4.03. The quantitative estimate of drug-likeness (QED) is 0.642. The molecular formula is C12H17N3O2. The van der Waals surface area contributed by atoms with Crippen molar-refractivity contribution in [1.82, 2.24) is 10.3 Å². The lowest BCUT2D eigenvalue weighted by atomic mass is 9.95. The molecule has 17 heavy (non-hydrogen) atoms. The molecule has 0 bridgehead atoms. The van der Waals surface area contributed by atoms with Gasteiger partial charge >= 0.3 is 0 Å². The summed E-state index contributed by atoms with van der Waals surface area (Å²) in [4.78, 5) is 14.1. The molecular weight excluding hydrogens is 218 g/mol. The first-order valence-corrected chi connectivity index (χ1v) is 6.08. The van der Waals surface area contributed by atoms with Gasteiger partial charge in [0.15, 0.2) is 0 Å². The monoisotopic (exact) mass is 235 g/mol. The van der Waals surface area contributed by atoms with Crippen LogP contribution in [0, 0.1) is 10.1 Å². The highest BCUT2D eigenvalue weighted by molar-refractivity contribution is 5.26. The number of hydrogen-bond acceptors (Lipinski definition) is 4.